The van der Waals surface area contributed by atoms with Crippen LogP contribution in [0.4, 0.5) is 5.69 Å². The zero-order valence-electron chi connectivity index (χ0n) is 11.6. The Morgan fingerprint density at radius 1 is 1.32 bits per heavy atom. The van der Waals surface area contributed by atoms with Crippen LogP contribution < -0.4 is 5.32 Å². The quantitative estimate of drug-likeness (QED) is 0.845. The number of benzene rings is 1. The molecule has 2 atom stereocenters. The van der Waals surface area contributed by atoms with Gasteiger partial charge in [0.2, 0.25) is 5.91 Å². The van der Waals surface area contributed by atoms with E-state index < -0.39 is 6.04 Å². The van der Waals surface area contributed by atoms with Gasteiger partial charge in [0.05, 0.1) is 6.42 Å². The smallest absolute Gasteiger partial charge is 0.252 e. The van der Waals surface area contributed by atoms with Crippen LogP contribution in [-0.4, -0.2) is 28.8 Å². The predicted octanol–water partition coefficient (Wildman–Crippen LogP) is 2.33. The van der Waals surface area contributed by atoms with Crippen molar-refractivity contribution in [3.05, 3.63) is 29.8 Å². The molecule has 1 heterocycles. The molecule has 1 aromatic carbocycles. The average molecular weight is 260 g/mol. The fourth-order valence-electron chi connectivity index (χ4n) is 2.26. The first-order valence-electron chi connectivity index (χ1n) is 6.72. The summed E-state index contributed by atoms with van der Waals surface area (Å²) in [6.07, 6.45) is 1.03. The molecule has 0 aromatic heterocycles. The van der Waals surface area contributed by atoms with Crippen LogP contribution in [0.1, 0.15) is 32.3 Å². The molecule has 4 heteroatoms. The number of nitrogens with one attached hydrogen (secondary N) is 1. The summed E-state index contributed by atoms with van der Waals surface area (Å²) in [7, 11) is 0. The number of hydrogen-bond donors (Lipinski definition) is 1. The van der Waals surface area contributed by atoms with Gasteiger partial charge < -0.3 is 5.32 Å². The number of imide groups is 1. The van der Waals surface area contributed by atoms with Gasteiger partial charge in [0.25, 0.3) is 5.91 Å². The van der Waals surface area contributed by atoms with Crippen molar-refractivity contribution in [2.75, 3.05) is 5.32 Å². The molecule has 2 amide bonds. The number of anilines is 1. The lowest BCUT2D eigenvalue weighted by atomic mass is 10.2. The number of hydrogen-bond acceptors (Lipinski definition) is 3. The van der Waals surface area contributed by atoms with Crippen LogP contribution in [0.15, 0.2) is 24.3 Å². The van der Waals surface area contributed by atoms with Gasteiger partial charge in [0.1, 0.15) is 6.04 Å². The Labute approximate surface area is 113 Å². The van der Waals surface area contributed by atoms with Crippen molar-refractivity contribution in [2.24, 2.45) is 0 Å². The molecule has 0 bridgehead atoms. The molecule has 2 rings (SSSR count). The number of rotatable bonds is 4. The van der Waals surface area contributed by atoms with Gasteiger partial charge in [-0.2, -0.15) is 0 Å². The third-order valence-electron chi connectivity index (χ3n) is 3.61. The number of carbonyl (C=O) groups excluding carboxylic acids is 2. The van der Waals surface area contributed by atoms with E-state index in [1.807, 2.05) is 45.0 Å². The van der Waals surface area contributed by atoms with Crippen LogP contribution in [0.3, 0.4) is 0 Å². The highest BCUT2D eigenvalue weighted by atomic mass is 16.2. The first-order chi connectivity index (χ1) is 9.02. The molecule has 1 aliphatic rings. The van der Waals surface area contributed by atoms with Gasteiger partial charge in [-0.3, -0.25) is 14.5 Å². The number of nitrogens with zero attached hydrogens (tertiary/aromatic N) is 1. The lowest BCUT2D eigenvalue weighted by Crippen LogP contribution is -2.40. The van der Waals surface area contributed by atoms with Crippen molar-refractivity contribution in [3.63, 3.8) is 0 Å². The normalized spacial score (nSPS) is 20.8. The molecular formula is C15H20N2O2. The standard InChI is InChI=1S/C15H20N2O2/c1-4-11(3)17-14(18)9-13(15(17)19)16-12-7-5-10(2)6-8-12/h5-8,11,13,16H,4,9H2,1-3H3. The van der Waals surface area contributed by atoms with Crippen molar-refractivity contribution in [1.82, 2.24) is 4.90 Å². The van der Waals surface area contributed by atoms with Crippen LogP contribution in [-0.2, 0) is 9.59 Å². The van der Waals surface area contributed by atoms with E-state index >= 15 is 0 Å². The van der Waals surface area contributed by atoms with E-state index in [9.17, 15) is 9.59 Å². The fourth-order valence-corrected chi connectivity index (χ4v) is 2.26. The zero-order chi connectivity index (χ0) is 14.0. The summed E-state index contributed by atoms with van der Waals surface area (Å²) in [4.78, 5) is 25.5. The monoisotopic (exact) mass is 260 g/mol. The van der Waals surface area contributed by atoms with E-state index in [1.165, 1.54) is 10.5 Å². The van der Waals surface area contributed by atoms with Gasteiger partial charge >= 0.3 is 0 Å². The number of amides is 2. The second-order valence-electron chi connectivity index (χ2n) is 5.13. The molecule has 4 nitrogen and oxygen atoms in total. The SMILES string of the molecule is CCC(C)N1C(=O)CC(Nc2ccc(C)cc2)C1=O. The van der Waals surface area contributed by atoms with E-state index in [4.69, 9.17) is 0 Å². The topological polar surface area (TPSA) is 49.4 Å². The van der Waals surface area contributed by atoms with Gasteiger partial charge in [-0.05, 0) is 32.4 Å². The molecule has 1 aliphatic heterocycles. The minimum Gasteiger partial charge on any atom is -0.373 e. The molecule has 0 aliphatic carbocycles. The second-order valence-corrected chi connectivity index (χ2v) is 5.13. The van der Waals surface area contributed by atoms with Crippen molar-refractivity contribution in [2.45, 2.75) is 45.7 Å². The zero-order valence-corrected chi connectivity index (χ0v) is 11.6. The molecule has 0 radical (unpaired) electrons. The molecule has 0 saturated carbocycles. The summed E-state index contributed by atoms with van der Waals surface area (Å²) < 4.78 is 0. The highest BCUT2D eigenvalue weighted by Crippen LogP contribution is 2.21. The van der Waals surface area contributed by atoms with Crippen molar-refractivity contribution in [3.8, 4) is 0 Å². The van der Waals surface area contributed by atoms with Gasteiger partial charge in [-0.25, -0.2) is 0 Å². The van der Waals surface area contributed by atoms with Crippen LogP contribution in [0.2, 0.25) is 0 Å². The number of aryl methyl sites for hydroxylation is 1. The fraction of sp³-hybridized carbons (Fsp3) is 0.467. The third-order valence-corrected chi connectivity index (χ3v) is 3.61. The van der Waals surface area contributed by atoms with Crippen LogP contribution in [0.25, 0.3) is 0 Å². The molecule has 2 unspecified atom stereocenters. The Balaban J connectivity index is 2.09. The molecule has 1 N–H and O–H groups in total. The lowest BCUT2D eigenvalue weighted by Gasteiger charge is -2.21. The molecule has 1 aromatic rings. The molecule has 102 valence electrons. The average Bonchev–Trinajstić information content (AvgIpc) is 2.66. The Morgan fingerprint density at radius 2 is 1.95 bits per heavy atom. The summed E-state index contributed by atoms with van der Waals surface area (Å²) in [6, 6.07) is 7.37. The number of carbonyl (C=O) groups is 2. The molecule has 0 spiro atoms. The van der Waals surface area contributed by atoms with Gasteiger partial charge in [-0.1, -0.05) is 24.6 Å². The Hall–Kier alpha value is -1.84. The van der Waals surface area contributed by atoms with E-state index in [0.29, 0.717) is 0 Å². The van der Waals surface area contributed by atoms with Crippen molar-refractivity contribution < 1.29 is 9.59 Å². The highest BCUT2D eigenvalue weighted by molar-refractivity contribution is 6.07. The molecule has 1 fully saturated rings. The van der Waals surface area contributed by atoms with Gasteiger partial charge in [0.15, 0.2) is 0 Å². The van der Waals surface area contributed by atoms with E-state index in [2.05, 4.69) is 5.32 Å². The summed E-state index contributed by atoms with van der Waals surface area (Å²) in [5.41, 5.74) is 2.04. The first-order valence-corrected chi connectivity index (χ1v) is 6.72. The van der Waals surface area contributed by atoms with Crippen molar-refractivity contribution >= 4 is 17.5 Å². The molecular weight excluding hydrogens is 240 g/mol. The largest absolute Gasteiger partial charge is 0.373 e. The van der Waals surface area contributed by atoms with Gasteiger partial charge in [-0.15, -0.1) is 0 Å². The molecule has 1 saturated heterocycles. The first kappa shape index (κ1) is 13.6. The van der Waals surface area contributed by atoms with E-state index in [0.717, 1.165) is 12.1 Å². The highest BCUT2D eigenvalue weighted by Gasteiger charge is 2.40. The molecule has 19 heavy (non-hydrogen) atoms. The Bertz CT molecular complexity index is 481. The predicted molar refractivity (Wildman–Crippen MR) is 74.8 cm³/mol. The van der Waals surface area contributed by atoms with Crippen LogP contribution >= 0.6 is 0 Å². The summed E-state index contributed by atoms with van der Waals surface area (Å²) in [5, 5.41) is 3.15. The van der Waals surface area contributed by atoms with Crippen molar-refractivity contribution in [1.29, 1.82) is 0 Å². The maximum atomic E-state index is 12.2. The maximum absolute atomic E-state index is 12.2. The minimum absolute atomic E-state index is 0.0233. The van der Waals surface area contributed by atoms with E-state index in [-0.39, 0.29) is 24.3 Å². The van der Waals surface area contributed by atoms with Gasteiger partial charge in [0, 0.05) is 11.7 Å². The second kappa shape index (κ2) is 5.43. The third kappa shape index (κ3) is 2.78. The lowest BCUT2D eigenvalue weighted by molar-refractivity contribution is -0.140. The maximum Gasteiger partial charge on any atom is 0.252 e. The Kier molecular flexibility index (Phi) is 3.88. The summed E-state index contributed by atoms with van der Waals surface area (Å²) in [6.45, 7) is 5.90. The number of likely N-dealkylation sites (tertiary alicyclic amines) is 1. The van der Waals surface area contributed by atoms with E-state index in [1.54, 1.807) is 0 Å². The summed E-state index contributed by atoms with van der Waals surface area (Å²) in [5.74, 6) is -0.191. The van der Waals surface area contributed by atoms with Crippen LogP contribution in [0, 0.1) is 6.92 Å². The van der Waals surface area contributed by atoms with Crippen LogP contribution in [0.5, 0.6) is 0 Å². The Morgan fingerprint density at radius 3 is 2.53 bits per heavy atom. The minimum atomic E-state index is -0.427. The summed E-state index contributed by atoms with van der Waals surface area (Å²) >= 11 is 0.